The summed E-state index contributed by atoms with van der Waals surface area (Å²) >= 11 is 0. The number of aliphatic hydroxyl groups is 2. The summed E-state index contributed by atoms with van der Waals surface area (Å²) in [5.74, 6) is 1.05. The molecule has 1 fully saturated rings. The van der Waals surface area contributed by atoms with E-state index in [-0.39, 0.29) is 17.4 Å². The Kier molecular flexibility index (Phi) is 7.86. The Labute approximate surface area is 211 Å². The van der Waals surface area contributed by atoms with Crippen LogP contribution in [0, 0.1) is 0 Å². The molecule has 2 atom stereocenters. The summed E-state index contributed by atoms with van der Waals surface area (Å²) in [5, 5.41) is 19.0. The van der Waals surface area contributed by atoms with Gasteiger partial charge in [0.05, 0.1) is 24.4 Å². The third kappa shape index (κ3) is 5.88. The molecule has 35 heavy (non-hydrogen) atoms. The van der Waals surface area contributed by atoms with Gasteiger partial charge in [-0.3, -0.25) is 4.90 Å². The van der Waals surface area contributed by atoms with E-state index < -0.39 is 12.1 Å². The number of aromatic nitrogens is 1. The highest BCUT2D eigenvalue weighted by Crippen LogP contribution is 2.46. The topological polar surface area (TPSA) is 85.9 Å². The molecular formula is C29H44N4O2. The van der Waals surface area contributed by atoms with E-state index in [4.69, 9.17) is 15.8 Å². The Morgan fingerprint density at radius 1 is 0.971 bits per heavy atom. The number of aliphatic hydroxyl groups excluding tert-OH is 2. The molecular weight excluding hydrogens is 436 g/mol. The first-order valence-corrected chi connectivity index (χ1v) is 13.2. The number of piperazine rings is 1. The van der Waals surface area contributed by atoms with Crippen molar-refractivity contribution in [2.24, 2.45) is 5.73 Å². The summed E-state index contributed by atoms with van der Waals surface area (Å²) in [4.78, 5) is 9.89. The number of anilines is 1. The van der Waals surface area contributed by atoms with Gasteiger partial charge in [0, 0.05) is 31.7 Å². The highest BCUT2D eigenvalue weighted by molar-refractivity contribution is 5.65. The van der Waals surface area contributed by atoms with Gasteiger partial charge in [0.25, 0.3) is 0 Å². The lowest BCUT2D eigenvalue weighted by Crippen LogP contribution is -2.47. The minimum absolute atomic E-state index is 0.174. The number of nitrogens with two attached hydrogens (primary N) is 1. The zero-order valence-corrected chi connectivity index (χ0v) is 22.0. The van der Waals surface area contributed by atoms with Crippen molar-refractivity contribution in [1.29, 1.82) is 0 Å². The lowest BCUT2D eigenvalue weighted by Gasteiger charge is -2.42. The van der Waals surface area contributed by atoms with Gasteiger partial charge in [-0.1, -0.05) is 45.9 Å². The molecule has 0 spiro atoms. The predicted molar refractivity (Wildman–Crippen MR) is 144 cm³/mol. The average Bonchev–Trinajstić information content (AvgIpc) is 2.86. The van der Waals surface area contributed by atoms with Crippen LogP contribution >= 0.6 is 0 Å². The van der Waals surface area contributed by atoms with E-state index in [9.17, 15) is 5.11 Å². The summed E-state index contributed by atoms with van der Waals surface area (Å²) in [6.07, 6.45) is 3.31. The summed E-state index contributed by atoms with van der Waals surface area (Å²) in [7, 11) is 0. The minimum Gasteiger partial charge on any atom is -0.395 e. The molecule has 2 aliphatic rings. The molecule has 4 N–H and O–H groups in total. The van der Waals surface area contributed by atoms with E-state index in [1.807, 2.05) is 0 Å². The zero-order chi connectivity index (χ0) is 25.2. The molecule has 0 bridgehead atoms. The van der Waals surface area contributed by atoms with E-state index in [2.05, 4.69) is 73.9 Å². The Balaban J connectivity index is 1.40. The van der Waals surface area contributed by atoms with Crippen LogP contribution in [0.2, 0.25) is 0 Å². The van der Waals surface area contributed by atoms with Crippen LogP contribution in [0.5, 0.6) is 0 Å². The molecule has 1 saturated heterocycles. The molecule has 0 amide bonds. The number of fused-ring (bicyclic) bond motifs is 1. The lowest BCUT2D eigenvalue weighted by molar-refractivity contribution is 0.0956. The van der Waals surface area contributed by atoms with Gasteiger partial charge in [-0.15, -0.1) is 0 Å². The molecule has 192 valence electrons. The summed E-state index contributed by atoms with van der Waals surface area (Å²) in [5.41, 5.74) is 11.3. The number of hydrogen-bond donors (Lipinski definition) is 3. The first-order valence-electron chi connectivity index (χ1n) is 13.2. The average molecular weight is 481 g/mol. The van der Waals surface area contributed by atoms with E-state index >= 15 is 0 Å². The number of nitrogens with zero attached hydrogens (tertiary/aromatic N) is 3. The maximum Gasteiger partial charge on any atom is 0.129 e. The van der Waals surface area contributed by atoms with Crippen LogP contribution in [0.4, 0.5) is 5.82 Å². The van der Waals surface area contributed by atoms with Gasteiger partial charge in [0.1, 0.15) is 5.82 Å². The van der Waals surface area contributed by atoms with Gasteiger partial charge in [-0.25, -0.2) is 4.98 Å². The Bertz CT molecular complexity index is 998. The second-order valence-corrected chi connectivity index (χ2v) is 11.8. The van der Waals surface area contributed by atoms with Gasteiger partial charge >= 0.3 is 0 Å². The maximum absolute atomic E-state index is 9.96. The predicted octanol–water partition coefficient (Wildman–Crippen LogP) is 3.68. The molecule has 6 heteroatoms. The van der Waals surface area contributed by atoms with Crippen molar-refractivity contribution in [3.63, 3.8) is 0 Å². The maximum atomic E-state index is 9.96. The minimum atomic E-state index is -0.631. The Morgan fingerprint density at radius 2 is 1.66 bits per heavy atom. The van der Waals surface area contributed by atoms with E-state index in [0.717, 1.165) is 50.7 Å². The highest BCUT2D eigenvalue weighted by Gasteiger charge is 2.37. The van der Waals surface area contributed by atoms with Crippen molar-refractivity contribution in [3.8, 4) is 11.3 Å². The largest absolute Gasteiger partial charge is 0.395 e. The SMILES string of the molecule is CC1(C)CCC(C)(C)c2cc(-c3cccc(N4CCN(CCC[C@H](O)[C@@H](N)CO)CC4)n3)ccc21. The Hall–Kier alpha value is -1.99. The molecule has 1 aliphatic heterocycles. The van der Waals surface area contributed by atoms with Crippen molar-refractivity contribution in [3.05, 3.63) is 47.5 Å². The van der Waals surface area contributed by atoms with Gasteiger partial charge in [-0.05, 0) is 72.4 Å². The van der Waals surface area contributed by atoms with E-state index in [0.29, 0.717) is 6.42 Å². The molecule has 1 aromatic heterocycles. The third-order valence-electron chi connectivity index (χ3n) is 8.26. The van der Waals surface area contributed by atoms with Gasteiger partial charge < -0.3 is 20.8 Å². The van der Waals surface area contributed by atoms with Crippen LogP contribution < -0.4 is 10.6 Å². The third-order valence-corrected chi connectivity index (χ3v) is 8.26. The summed E-state index contributed by atoms with van der Waals surface area (Å²) in [6, 6.07) is 12.8. The molecule has 1 aromatic carbocycles. The number of pyridine rings is 1. The van der Waals surface area contributed by atoms with Crippen LogP contribution in [0.25, 0.3) is 11.3 Å². The number of benzene rings is 1. The molecule has 6 nitrogen and oxygen atoms in total. The van der Waals surface area contributed by atoms with Crippen molar-refractivity contribution in [2.45, 2.75) is 76.4 Å². The monoisotopic (exact) mass is 480 g/mol. The number of hydrogen-bond acceptors (Lipinski definition) is 6. The molecule has 0 saturated carbocycles. The fourth-order valence-corrected chi connectivity index (χ4v) is 5.57. The molecule has 2 aromatic rings. The quantitative estimate of drug-likeness (QED) is 0.534. The number of rotatable bonds is 8. The Morgan fingerprint density at radius 3 is 2.34 bits per heavy atom. The van der Waals surface area contributed by atoms with Gasteiger partial charge in [0.2, 0.25) is 0 Å². The van der Waals surface area contributed by atoms with Crippen molar-refractivity contribution >= 4 is 5.82 Å². The molecule has 0 radical (unpaired) electrons. The highest BCUT2D eigenvalue weighted by atomic mass is 16.3. The zero-order valence-electron chi connectivity index (χ0n) is 22.0. The van der Waals surface area contributed by atoms with Crippen LogP contribution in [0.1, 0.15) is 64.5 Å². The van der Waals surface area contributed by atoms with Crippen LogP contribution in [0.3, 0.4) is 0 Å². The second-order valence-electron chi connectivity index (χ2n) is 11.8. The second kappa shape index (κ2) is 10.6. The fourth-order valence-electron chi connectivity index (χ4n) is 5.57. The van der Waals surface area contributed by atoms with Crippen molar-refractivity contribution in [2.75, 3.05) is 44.2 Å². The fraction of sp³-hybridized carbons (Fsp3) is 0.621. The molecule has 2 heterocycles. The normalized spacial score (nSPS) is 21.4. The van der Waals surface area contributed by atoms with Crippen LogP contribution in [0.15, 0.2) is 36.4 Å². The van der Waals surface area contributed by atoms with Crippen molar-refractivity contribution in [1.82, 2.24) is 9.88 Å². The van der Waals surface area contributed by atoms with E-state index in [1.165, 1.54) is 29.5 Å². The van der Waals surface area contributed by atoms with E-state index in [1.54, 1.807) is 0 Å². The van der Waals surface area contributed by atoms with Crippen LogP contribution in [-0.2, 0) is 10.8 Å². The smallest absolute Gasteiger partial charge is 0.129 e. The molecule has 0 unspecified atom stereocenters. The summed E-state index contributed by atoms with van der Waals surface area (Å²) in [6.45, 7) is 14.1. The lowest BCUT2D eigenvalue weighted by atomic mass is 9.63. The van der Waals surface area contributed by atoms with Crippen molar-refractivity contribution < 1.29 is 10.2 Å². The first-order chi connectivity index (χ1) is 16.6. The first kappa shape index (κ1) is 26.1. The summed E-state index contributed by atoms with van der Waals surface area (Å²) < 4.78 is 0. The van der Waals surface area contributed by atoms with Crippen LogP contribution in [-0.4, -0.2) is 71.6 Å². The van der Waals surface area contributed by atoms with Gasteiger partial charge in [-0.2, -0.15) is 0 Å². The molecule has 4 rings (SSSR count). The molecule has 1 aliphatic carbocycles. The standard InChI is InChI=1S/C29H44N4O2/c1-28(2)12-13-29(3,4)23-19-21(10-11-22(23)28)25-7-5-9-27(31-25)33-17-15-32(16-18-33)14-6-8-26(35)24(30)20-34/h5,7,9-11,19,24,26,34-35H,6,8,12-18,20,30H2,1-4H3/t24-,26-/m0/s1. The van der Waals surface area contributed by atoms with Gasteiger partial charge in [0.15, 0.2) is 0 Å².